The van der Waals surface area contributed by atoms with E-state index in [0.717, 1.165) is 28.6 Å². The second-order valence-corrected chi connectivity index (χ2v) is 5.95. The Morgan fingerprint density at radius 1 is 1.20 bits per heavy atom. The molecule has 1 aliphatic rings. The zero-order chi connectivity index (χ0) is 14.1. The van der Waals surface area contributed by atoms with E-state index in [4.69, 9.17) is 10.5 Å². The average Bonchev–Trinajstić information content (AvgIpc) is 3.25. The van der Waals surface area contributed by atoms with Crippen LogP contribution in [0.25, 0.3) is 0 Å². The monoisotopic (exact) mass is 335 g/mol. The fourth-order valence-corrected chi connectivity index (χ4v) is 2.47. The Bertz CT molecular complexity index is 628. The lowest BCUT2D eigenvalue weighted by molar-refractivity contribution is 0.303. The highest BCUT2D eigenvalue weighted by Crippen LogP contribution is 2.30. The van der Waals surface area contributed by atoms with Crippen LogP contribution < -0.4 is 10.5 Å². The summed E-state index contributed by atoms with van der Waals surface area (Å²) in [5.41, 5.74) is 7.51. The quantitative estimate of drug-likeness (QED) is 0.909. The van der Waals surface area contributed by atoms with Crippen molar-refractivity contribution < 1.29 is 9.13 Å². The van der Waals surface area contributed by atoms with Gasteiger partial charge in [0.1, 0.15) is 11.6 Å². The van der Waals surface area contributed by atoms with Gasteiger partial charge < -0.3 is 10.5 Å². The first kappa shape index (κ1) is 13.6. The minimum absolute atomic E-state index is 0.297. The summed E-state index contributed by atoms with van der Waals surface area (Å²) in [4.78, 5) is 0. The van der Waals surface area contributed by atoms with Crippen LogP contribution in [-0.2, 0) is 0 Å². The summed E-state index contributed by atoms with van der Waals surface area (Å²) in [7, 11) is 0. The molecule has 0 bridgehead atoms. The molecular weight excluding hydrogens is 321 g/mol. The van der Waals surface area contributed by atoms with Crippen molar-refractivity contribution in [3.05, 3.63) is 63.9 Å². The molecule has 1 aliphatic carbocycles. The number of halogens is 2. The van der Waals surface area contributed by atoms with Crippen LogP contribution in [0.2, 0.25) is 0 Å². The number of rotatable bonds is 4. The Morgan fingerprint density at radius 3 is 2.75 bits per heavy atom. The van der Waals surface area contributed by atoms with Gasteiger partial charge in [-0.3, -0.25) is 0 Å². The number of benzene rings is 2. The Labute approximate surface area is 125 Å². The van der Waals surface area contributed by atoms with Gasteiger partial charge in [0.2, 0.25) is 0 Å². The maximum atomic E-state index is 13.9. The first-order valence-corrected chi connectivity index (χ1v) is 7.40. The van der Waals surface area contributed by atoms with Crippen molar-refractivity contribution in [3.63, 3.8) is 0 Å². The molecule has 0 heterocycles. The van der Waals surface area contributed by atoms with E-state index in [1.54, 1.807) is 12.1 Å². The predicted molar refractivity (Wildman–Crippen MR) is 80.2 cm³/mol. The fraction of sp³-hybridized carbons (Fsp3) is 0.250. The Balaban J connectivity index is 1.88. The molecule has 0 spiro atoms. The predicted octanol–water partition coefficient (Wildman–Crippen LogP) is 4.18. The lowest BCUT2D eigenvalue weighted by Crippen LogP contribution is -2.14. The van der Waals surface area contributed by atoms with E-state index in [-0.39, 0.29) is 5.82 Å². The molecule has 3 rings (SSSR count). The van der Waals surface area contributed by atoms with Crippen LogP contribution in [0.15, 0.2) is 46.9 Å². The van der Waals surface area contributed by atoms with Crippen molar-refractivity contribution in [1.29, 1.82) is 0 Å². The summed E-state index contributed by atoms with van der Waals surface area (Å²) < 4.78 is 20.5. The first-order valence-electron chi connectivity index (χ1n) is 6.60. The zero-order valence-electron chi connectivity index (χ0n) is 10.9. The van der Waals surface area contributed by atoms with Crippen molar-refractivity contribution in [2.45, 2.75) is 25.0 Å². The molecule has 0 amide bonds. The molecule has 1 atom stereocenters. The van der Waals surface area contributed by atoms with Gasteiger partial charge in [-0.25, -0.2) is 4.39 Å². The van der Waals surface area contributed by atoms with Crippen LogP contribution in [0.3, 0.4) is 0 Å². The van der Waals surface area contributed by atoms with Gasteiger partial charge >= 0.3 is 0 Å². The largest absolute Gasteiger partial charge is 0.490 e. The molecular formula is C16H15BrFNO. The van der Waals surface area contributed by atoms with E-state index in [9.17, 15) is 4.39 Å². The molecule has 0 aromatic heterocycles. The molecule has 1 saturated carbocycles. The van der Waals surface area contributed by atoms with Crippen molar-refractivity contribution in [1.82, 2.24) is 0 Å². The minimum Gasteiger partial charge on any atom is -0.490 e. The maximum Gasteiger partial charge on any atom is 0.128 e. The number of hydrogen-bond donors (Lipinski definition) is 1. The second-order valence-electron chi connectivity index (χ2n) is 5.03. The Hall–Kier alpha value is -1.39. The highest BCUT2D eigenvalue weighted by molar-refractivity contribution is 9.10. The summed E-state index contributed by atoms with van der Waals surface area (Å²) >= 11 is 3.35. The number of ether oxygens (including phenoxy) is 1. The Kier molecular flexibility index (Phi) is 3.76. The molecule has 2 aromatic carbocycles. The molecule has 2 N–H and O–H groups in total. The van der Waals surface area contributed by atoms with Crippen molar-refractivity contribution in [2.24, 2.45) is 5.73 Å². The second kappa shape index (κ2) is 5.54. The molecule has 20 heavy (non-hydrogen) atoms. The van der Waals surface area contributed by atoms with E-state index in [0.29, 0.717) is 11.7 Å². The summed E-state index contributed by atoms with van der Waals surface area (Å²) in [6, 6.07) is 11.9. The Morgan fingerprint density at radius 2 is 2.00 bits per heavy atom. The number of hydrogen-bond acceptors (Lipinski definition) is 2. The van der Waals surface area contributed by atoms with Gasteiger partial charge in [-0.2, -0.15) is 0 Å². The van der Waals surface area contributed by atoms with E-state index in [1.165, 1.54) is 6.07 Å². The minimum atomic E-state index is -0.504. The molecule has 104 valence electrons. The van der Waals surface area contributed by atoms with Crippen molar-refractivity contribution >= 4 is 15.9 Å². The molecule has 4 heteroatoms. The molecule has 0 radical (unpaired) electrons. The van der Waals surface area contributed by atoms with Gasteiger partial charge in [-0.15, -0.1) is 0 Å². The van der Waals surface area contributed by atoms with Crippen molar-refractivity contribution in [3.8, 4) is 5.75 Å². The third kappa shape index (κ3) is 3.02. The van der Waals surface area contributed by atoms with E-state index < -0.39 is 6.04 Å². The third-order valence-electron chi connectivity index (χ3n) is 3.34. The SMILES string of the molecule is NC(c1cccc(OC2CC2)c1)c1cc(Br)ccc1F. The lowest BCUT2D eigenvalue weighted by atomic mass is 9.99. The van der Waals surface area contributed by atoms with Crippen LogP contribution in [0, 0.1) is 5.82 Å². The van der Waals surface area contributed by atoms with Gasteiger partial charge in [0.05, 0.1) is 12.1 Å². The fourth-order valence-electron chi connectivity index (χ4n) is 2.09. The van der Waals surface area contributed by atoms with Gasteiger partial charge in [0.15, 0.2) is 0 Å². The molecule has 2 aromatic rings. The summed E-state index contributed by atoms with van der Waals surface area (Å²) in [5, 5.41) is 0. The molecule has 0 aliphatic heterocycles. The van der Waals surface area contributed by atoms with Crippen LogP contribution in [0.5, 0.6) is 5.75 Å². The lowest BCUT2D eigenvalue weighted by Gasteiger charge is -2.15. The van der Waals surface area contributed by atoms with Crippen LogP contribution in [-0.4, -0.2) is 6.10 Å². The smallest absolute Gasteiger partial charge is 0.128 e. The summed E-state index contributed by atoms with van der Waals surface area (Å²) in [5.74, 6) is 0.505. The molecule has 1 unspecified atom stereocenters. The van der Waals surface area contributed by atoms with E-state index >= 15 is 0 Å². The average molecular weight is 336 g/mol. The highest BCUT2D eigenvalue weighted by atomic mass is 79.9. The summed E-state index contributed by atoms with van der Waals surface area (Å²) in [6.07, 6.45) is 2.55. The normalized spacial score (nSPS) is 15.9. The topological polar surface area (TPSA) is 35.2 Å². The van der Waals surface area contributed by atoms with Gasteiger partial charge in [-0.1, -0.05) is 28.1 Å². The highest BCUT2D eigenvalue weighted by Gasteiger charge is 2.24. The van der Waals surface area contributed by atoms with Crippen molar-refractivity contribution in [2.75, 3.05) is 0 Å². The van der Waals surface area contributed by atoms with E-state index in [1.807, 2.05) is 24.3 Å². The van der Waals surface area contributed by atoms with Crippen LogP contribution in [0.1, 0.15) is 30.0 Å². The molecule has 2 nitrogen and oxygen atoms in total. The molecule has 0 saturated heterocycles. The van der Waals surface area contributed by atoms with E-state index in [2.05, 4.69) is 15.9 Å². The zero-order valence-corrected chi connectivity index (χ0v) is 12.4. The van der Waals surface area contributed by atoms with Crippen LogP contribution >= 0.6 is 15.9 Å². The van der Waals surface area contributed by atoms with Gasteiger partial charge in [-0.05, 0) is 48.7 Å². The maximum absolute atomic E-state index is 13.9. The number of nitrogens with two attached hydrogens (primary N) is 1. The first-order chi connectivity index (χ1) is 9.63. The standard InChI is InChI=1S/C16H15BrFNO/c17-11-4-7-15(18)14(9-11)16(19)10-2-1-3-13(8-10)20-12-5-6-12/h1-4,7-9,12,16H,5-6,19H2. The van der Waals surface area contributed by atoms with Gasteiger partial charge in [0, 0.05) is 10.0 Å². The van der Waals surface area contributed by atoms with Crippen LogP contribution in [0.4, 0.5) is 4.39 Å². The summed E-state index contributed by atoms with van der Waals surface area (Å²) in [6.45, 7) is 0. The third-order valence-corrected chi connectivity index (χ3v) is 3.83. The van der Waals surface area contributed by atoms with Gasteiger partial charge in [0.25, 0.3) is 0 Å². The molecule has 1 fully saturated rings.